The molecule has 0 amide bonds. The summed E-state index contributed by atoms with van der Waals surface area (Å²) < 4.78 is 6.99. The van der Waals surface area contributed by atoms with E-state index in [1.807, 2.05) is 42.5 Å². The molecule has 21 heavy (non-hydrogen) atoms. The highest BCUT2D eigenvalue weighted by molar-refractivity contribution is 9.10. The smallest absolute Gasteiger partial charge is 0.132 e. The summed E-state index contributed by atoms with van der Waals surface area (Å²) in [5, 5.41) is 4.14. The minimum Gasteiger partial charge on any atom is -0.457 e. The van der Waals surface area contributed by atoms with E-state index in [0.29, 0.717) is 5.92 Å². The topological polar surface area (TPSA) is 21.3 Å². The van der Waals surface area contributed by atoms with Crippen LogP contribution in [0.5, 0.6) is 11.5 Å². The first-order valence-electron chi connectivity index (χ1n) is 6.97. The van der Waals surface area contributed by atoms with Gasteiger partial charge in [0, 0.05) is 21.6 Å². The first-order valence-corrected chi connectivity index (χ1v) is 8.14. The molecule has 0 saturated heterocycles. The normalized spacial score (nSPS) is 10.9. The Morgan fingerprint density at radius 3 is 2.52 bits per heavy atom. The van der Waals surface area contributed by atoms with Crippen molar-refractivity contribution in [3.63, 3.8) is 0 Å². The van der Waals surface area contributed by atoms with Gasteiger partial charge in [0.15, 0.2) is 0 Å². The molecule has 0 aliphatic carbocycles. The third kappa shape index (κ3) is 5.34. The summed E-state index contributed by atoms with van der Waals surface area (Å²) in [6.07, 6.45) is 0. The molecule has 0 spiro atoms. The monoisotopic (exact) mass is 367 g/mol. The van der Waals surface area contributed by atoms with Crippen molar-refractivity contribution < 1.29 is 4.74 Å². The third-order valence-electron chi connectivity index (χ3n) is 2.93. The molecule has 0 heterocycles. The van der Waals surface area contributed by atoms with Crippen LogP contribution in [0.25, 0.3) is 0 Å². The van der Waals surface area contributed by atoms with Gasteiger partial charge >= 0.3 is 0 Å². The van der Waals surface area contributed by atoms with E-state index >= 15 is 0 Å². The van der Waals surface area contributed by atoms with Gasteiger partial charge in [-0.25, -0.2) is 0 Å². The lowest BCUT2D eigenvalue weighted by molar-refractivity contribution is 0.469. The van der Waals surface area contributed by atoms with Gasteiger partial charge in [0.25, 0.3) is 0 Å². The highest BCUT2D eigenvalue weighted by Crippen LogP contribution is 2.28. The number of ether oxygens (including phenoxy) is 1. The Hall–Kier alpha value is -1.03. The lowest BCUT2D eigenvalue weighted by atomic mass is 10.1. The molecule has 0 radical (unpaired) electrons. The van der Waals surface area contributed by atoms with Crippen molar-refractivity contribution in [3.8, 4) is 11.5 Å². The zero-order valence-corrected chi connectivity index (χ0v) is 14.5. The van der Waals surface area contributed by atoms with E-state index in [4.69, 9.17) is 16.3 Å². The van der Waals surface area contributed by atoms with E-state index < -0.39 is 0 Å². The Morgan fingerprint density at radius 1 is 1.14 bits per heavy atom. The van der Waals surface area contributed by atoms with Gasteiger partial charge < -0.3 is 10.1 Å². The fraction of sp³-hybridized carbons (Fsp3) is 0.294. The standard InChI is InChI=1S/C17H19BrClNO/c1-12(2)10-20-11-13-9-15(19)5-8-17(13)21-16-6-3-14(18)4-7-16/h3-9,12,20H,10-11H2,1-2H3. The fourth-order valence-corrected chi connectivity index (χ4v) is 2.37. The van der Waals surface area contributed by atoms with Crippen molar-refractivity contribution in [2.24, 2.45) is 5.92 Å². The Bertz CT molecular complexity index is 584. The molecule has 0 bridgehead atoms. The minimum absolute atomic E-state index is 0.611. The fourth-order valence-electron chi connectivity index (χ4n) is 1.91. The van der Waals surface area contributed by atoms with Crippen LogP contribution < -0.4 is 10.1 Å². The Kier molecular flexibility index (Phi) is 6.09. The molecule has 0 aromatic heterocycles. The highest BCUT2D eigenvalue weighted by atomic mass is 79.9. The average molecular weight is 369 g/mol. The molecule has 112 valence electrons. The molecule has 0 aliphatic rings. The van der Waals surface area contributed by atoms with Crippen LogP contribution in [0.1, 0.15) is 19.4 Å². The minimum atomic E-state index is 0.611. The molecule has 2 nitrogen and oxygen atoms in total. The predicted molar refractivity (Wildman–Crippen MR) is 92.2 cm³/mol. The average Bonchev–Trinajstić information content (AvgIpc) is 2.43. The number of nitrogens with one attached hydrogen (secondary N) is 1. The molecule has 2 aromatic carbocycles. The van der Waals surface area contributed by atoms with Crippen LogP contribution in [-0.4, -0.2) is 6.54 Å². The Labute approximate surface area is 139 Å². The first-order chi connectivity index (χ1) is 10.0. The lowest BCUT2D eigenvalue weighted by Gasteiger charge is -2.13. The van der Waals surface area contributed by atoms with Crippen molar-refractivity contribution in [1.29, 1.82) is 0 Å². The lowest BCUT2D eigenvalue weighted by Crippen LogP contribution is -2.19. The van der Waals surface area contributed by atoms with Crippen LogP contribution in [0.3, 0.4) is 0 Å². The van der Waals surface area contributed by atoms with Crippen LogP contribution in [0.2, 0.25) is 5.02 Å². The summed E-state index contributed by atoms with van der Waals surface area (Å²) in [5.41, 5.74) is 1.06. The predicted octanol–water partition coefficient (Wildman–Crippen LogP) is 5.64. The van der Waals surface area contributed by atoms with E-state index in [9.17, 15) is 0 Å². The van der Waals surface area contributed by atoms with E-state index in [0.717, 1.165) is 39.6 Å². The second kappa shape index (κ2) is 7.83. The maximum atomic E-state index is 6.09. The molecular formula is C17H19BrClNO. The molecule has 2 aromatic rings. The second-order valence-corrected chi connectivity index (χ2v) is 6.68. The molecule has 0 unspecified atom stereocenters. The van der Waals surface area contributed by atoms with Crippen LogP contribution >= 0.6 is 27.5 Å². The van der Waals surface area contributed by atoms with Crippen molar-refractivity contribution in [2.45, 2.75) is 20.4 Å². The van der Waals surface area contributed by atoms with Crippen LogP contribution in [0, 0.1) is 5.92 Å². The van der Waals surface area contributed by atoms with Crippen molar-refractivity contribution in [1.82, 2.24) is 5.32 Å². The highest BCUT2D eigenvalue weighted by Gasteiger charge is 2.07. The third-order valence-corrected chi connectivity index (χ3v) is 3.70. The van der Waals surface area contributed by atoms with Crippen LogP contribution in [0.4, 0.5) is 0 Å². The first kappa shape index (κ1) is 16.3. The van der Waals surface area contributed by atoms with Gasteiger partial charge in [-0.1, -0.05) is 41.4 Å². The van der Waals surface area contributed by atoms with Gasteiger partial charge in [0.1, 0.15) is 11.5 Å². The largest absolute Gasteiger partial charge is 0.457 e. The maximum Gasteiger partial charge on any atom is 0.132 e. The molecule has 0 atom stereocenters. The van der Waals surface area contributed by atoms with E-state index in [2.05, 4.69) is 35.1 Å². The van der Waals surface area contributed by atoms with Gasteiger partial charge in [-0.3, -0.25) is 0 Å². The zero-order valence-electron chi connectivity index (χ0n) is 12.2. The van der Waals surface area contributed by atoms with Gasteiger partial charge in [-0.2, -0.15) is 0 Å². The van der Waals surface area contributed by atoms with E-state index in [1.54, 1.807) is 0 Å². The molecular weight excluding hydrogens is 350 g/mol. The molecule has 1 N–H and O–H groups in total. The zero-order chi connectivity index (χ0) is 15.2. The molecule has 2 rings (SSSR count). The van der Waals surface area contributed by atoms with E-state index in [1.165, 1.54) is 0 Å². The molecule has 0 fully saturated rings. The van der Waals surface area contributed by atoms with Crippen LogP contribution in [-0.2, 0) is 6.54 Å². The Balaban J connectivity index is 2.12. The van der Waals surface area contributed by atoms with Gasteiger partial charge in [0.2, 0.25) is 0 Å². The van der Waals surface area contributed by atoms with Crippen molar-refractivity contribution in [2.75, 3.05) is 6.54 Å². The number of rotatable bonds is 6. The number of hydrogen-bond donors (Lipinski definition) is 1. The molecule has 0 aliphatic heterocycles. The van der Waals surface area contributed by atoms with Gasteiger partial charge in [-0.05, 0) is 54.9 Å². The molecule has 0 saturated carbocycles. The summed E-state index contributed by atoms with van der Waals surface area (Å²) in [5.74, 6) is 2.25. The Morgan fingerprint density at radius 2 is 1.86 bits per heavy atom. The summed E-state index contributed by atoms with van der Waals surface area (Å²) in [7, 11) is 0. The van der Waals surface area contributed by atoms with Gasteiger partial charge in [-0.15, -0.1) is 0 Å². The summed E-state index contributed by atoms with van der Waals surface area (Å²) in [4.78, 5) is 0. The summed E-state index contributed by atoms with van der Waals surface area (Å²) >= 11 is 9.51. The summed E-state index contributed by atoms with van der Waals surface area (Å²) in [6.45, 7) is 6.07. The maximum absolute atomic E-state index is 6.09. The number of hydrogen-bond acceptors (Lipinski definition) is 2. The molecule has 4 heteroatoms. The SMILES string of the molecule is CC(C)CNCc1cc(Cl)ccc1Oc1ccc(Br)cc1. The second-order valence-electron chi connectivity index (χ2n) is 5.33. The van der Waals surface area contributed by atoms with E-state index in [-0.39, 0.29) is 0 Å². The quantitative estimate of drug-likeness (QED) is 0.712. The number of halogens is 2. The summed E-state index contributed by atoms with van der Waals surface area (Å²) in [6, 6.07) is 13.5. The van der Waals surface area contributed by atoms with Crippen molar-refractivity contribution in [3.05, 3.63) is 57.5 Å². The van der Waals surface area contributed by atoms with Crippen molar-refractivity contribution >= 4 is 27.5 Å². The van der Waals surface area contributed by atoms with Gasteiger partial charge in [0.05, 0.1) is 0 Å². The van der Waals surface area contributed by atoms with Crippen LogP contribution in [0.15, 0.2) is 46.9 Å². The number of benzene rings is 2.